The quantitative estimate of drug-likeness (QED) is 0.874. The van der Waals surface area contributed by atoms with Gasteiger partial charge in [-0.1, -0.05) is 6.92 Å². The van der Waals surface area contributed by atoms with Crippen molar-refractivity contribution in [1.29, 1.82) is 0 Å². The number of benzene rings is 1. The van der Waals surface area contributed by atoms with Gasteiger partial charge < -0.3 is 15.0 Å². The average Bonchev–Trinajstić information content (AvgIpc) is 2.98. The van der Waals surface area contributed by atoms with Gasteiger partial charge in [0.2, 0.25) is 0 Å². The van der Waals surface area contributed by atoms with E-state index in [4.69, 9.17) is 4.74 Å². The molecule has 0 aliphatic carbocycles. The molecule has 1 fully saturated rings. The summed E-state index contributed by atoms with van der Waals surface area (Å²) in [7, 11) is 0. The van der Waals surface area contributed by atoms with Crippen LogP contribution in [0.2, 0.25) is 0 Å². The maximum Gasteiger partial charge on any atom is 0.260 e. The van der Waals surface area contributed by atoms with Crippen molar-refractivity contribution in [2.75, 3.05) is 26.2 Å². The lowest BCUT2D eigenvalue weighted by Crippen LogP contribution is -2.32. The number of halogens is 2. The van der Waals surface area contributed by atoms with Crippen LogP contribution in [0.5, 0.6) is 5.75 Å². The van der Waals surface area contributed by atoms with Crippen molar-refractivity contribution >= 4 is 5.91 Å². The van der Waals surface area contributed by atoms with Gasteiger partial charge >= 0.3 is 0 Å². The zero-order valence-electron chi connectivity index (χ0n) is 12.1. The molecule has 0 unspecified atom stereocenters. The first-order valence-electron chi connectivity index (χ1n) is 7.21. The van der Waals surface area contributed by atoms with Gasteiger partial charge in [0, 0.05) is 19.6 Å². The van der Waals surface area contributed by atoms with E-state index in [2.05, 4.69) is 5.32 Å². The summed E-state index contributed by atoms with van der Waals surface area (Å²) in [6.07, 6.45) is 1.93. The molecule has 116 valence electrons. The van der Waals surface area contributed by atoms with Crippen molar-refractivity contribution < 1.29 is 18.3 Å². The standard InChI is InChI=1S/C15H20F2N2O2/c1-2-18-9-11-7-12(16)15(13(17)8-11)21-10-14(20)19-5-3-4-6-19/h7-8,18H,2-6,9-10H2,1H3. The van der Waals surface area contributed by atoms with Crippen LogP contribution in [0.3, 0.4) is 0 Å². The molecule has 1 saturated heterocycles. The van der Waals surface area contributed by atoms with E-state index in [1.54, 1.807) is 4.90 Å². The maximum absolute atomic E-state index is 13.8. The molecule has 0 radical (unpaired) electrons. The predicted octanol–water partition coefficient (Wildman–Crippen LogP) is 2.08. The van der Waals surface area contributed by atoms with Gasteiger partial charge in [-0.05, 0) is 37.1 Å². The molecule has 0 aromatic heterocycles. The number of hydrogen-bond donors (Lipinski definition) is 1. The number of nitrogens with zero attached hydrogens (tertiary/aromatic N) is 1. The second-order valence-corrected chi connectivity index (χ2v) is 5.05. The summed E-state index contributed by atoms with van der Waals surface area (Å²) in [5.41, 5.74) is 0.505. The summed E-state index contributed by atoms with van der Waals surface area (Å²) in [5, 5.41) is 2.99. The van der Waals surface area contributed by atoms with E-state index < -0.39 is 17.4 Å². The van der Waals surface area contributed by atoms with Crippen molar-refractivity contribution in [2.24, 2.45) is 0 Å². The molecule has 1 aliphatic heterocycles. The second-order valence-electron chi connectivity index (χ2n) is 5.05. The van der Waals surface area contributed by atoms with Gasteiger partial charge in [-0.3, -0.25) is 4.79 Å². The SMILES string of the molecule is CCNCc1cc(F)c(OCC(=O)N2CCCC2)c(F)c1. The molecule has 1 amide bonds. The Kier molecular flexibility index (Phi) is 5.50. The number of hydrogen-bond acceptors (Lipinski definition) is 3. The lowest BCUT2D eigenvalue weighted by Gasteiger charge is -2.16. The van der Waals surface area contributed by atoms with Crippen LogP contribution in [0.25, 0.3) is 0 Å². The molecule has 6 heteroatoms. The molecule has 0 atom stereocenters. The summed E-state index contributed by atoms with van der Waals surface area (Å²) in [6, 6.07) is 2.45. The fourth-order valence-corrected chi connectivity index (χ4v) is 2.31. The normalized spacial score (nSPS) is 14.5. The topological polar surface area (TPSA) is 41.6 Å². The molecule has 2 rings (SSSR count). The van der Waals surface area contributed by atoms with Gasteiger partial charge in [0.15, 0.2) is 24.0 Å². The first-order chi connectivity index (χ1) is 10.1. The minimum Gasteiger partial charge on any atom is -0.478 e. The first-order valence-corrected chi connectivity index (χ1v) is 7.21. The molecule has 1 N–H and O–H groups in total. The smallest absolute Gasteiger partial charge is 0.260 e. The number of carbonyl (C=O) groups is 1. The van der Waals surface area contributed by atoms with Crippen LogP contribution in [-0.4, -0.2) is 37.0 Å². The fraction of sp³-hybridized carbons (Fsp3) is 0.533. The average molecular weight is 298 g/mol. The van der Waals surface area contributed by atoms with Crippen molar-refractivity contribution in [3.05, 3.63) is 29.3 Å². The van der Waals surface area contributed by atoms with Crippen LogP contribution in [0.1, 0.15) is 25.3 Å². The molecule has 1 aromatic carbocycles. The van der Waals surface area contributed by atoms with Gasteiger partial charge in [0.1, 0.15) is 0 Å². The van der Waals surface area contributed by atoms with Gasteiger partial charge in [-0.25, -0.2) is 8.78 Å². The van der Waals surface area contributed by atoms with Crippen molar-refractivity contribution in [3.63, 3.8) is 0 Å². The molecule has 4 nitrogen and oxygen atoms in total. The van der Waals surface area contributed by atoms with Gasteiger partial charge in [-0.2, -0.15) is 0 Å². The maximum atomic E-state index is 13.8. The molecule has 1 heterocycles. The third kappa shape index (κ3) is 4.14. The van der Waals surface area contributed by atoms with Gasteiger partial charge in [0.05, 0.1) is 0 Å². The third-order valence-electron chi connectivity index (χ3n) is 3.44. The largest absolute Gasteiger partial charge is 0.478 e. The highest BCUT2D eigenvalue weighted by atomic mass is 19.1. The number of amides is 1. The summed E-state index contributed by atoms with van der Waals surface area (Å²) >= 11 is 0. The lowest BCUT2D eigenvalue weighted by molar-refractivity contribution is -0.132. The minimum atomic E-state index is -0.780. The van der Waals surface area contributed by atoms with Crippen molar-refractivity contribution in [2.45, 2.75) is 26.3 Å². The fourth-order valence-electron chi connectivity index (χ4n) is 2.31. The highest BCUT2D eigenvalue weighted by molar-refractivity contribution is 5.78. The first kappa shape index (κ1) is 15.7. The summed E-state index contributed by atoms with van der Waals surface area (Å²) in [6.45, 7) is 4.06. The Balaban J connectivity index is 1.97. The Morgan fingerprint density at radius 3 is 2.48 bits per heavy atom. The van der Waals surface area contributed by atoms with E-state index in [9.17, 15) is 13.6 Å². The second kappa shape index (κ2) is 7.36. The lowest BCUT2D eigenvalue weighted by atomic mass is 10.2. The molecule has 1 aromatic rings. The van der Waals surface area contributed by atoms with Crippen LogP contribution in [0.4, 0.5) is 8.78 Å². The van der Waals surface area contributed by atoms with Crippen LogP contribution < -0.4 is 10.1 Å². The Labute approximate surface area is 123 Å². The molecule has 1 aliphatic rings. The van der Waals surface area contributed by atoms with E-state index in [0.717, 1.165) is 12.8 Å². The highest BCUT2D eigenvalue weighted by Gasteiger charge is 2.20. The number of likely N-dealkylation sites (tertiary alicyclic amines) is 1. The monoisotopic (exact) mass is 298 g/mol. The summed E-state index contributed by atoms with van der Waals surface area (Å²) in [5.74, 6) is -2.28. The Morgan fingerprint density at radius 1 is 1.29 bits per heavy atom. The Hall–Kier alpha value is -1.69. The third-order valence-corrected chi connectivity index (χ3v) is 3.44. The number of ether oxygens (including phenoxy) is 1. The van der Waals surface area contributed by atoms with E-state index in [0.29, 0.717) is 31.7 Å². The van der Waals surface area contributed by atoms with Crippen LogP contribution in [0.15, 0.2) is 12.1 Å². The predicted molar refractivity (Wildman–Crippen MR) is 75.0 cm³/mol. The minimum absolute atomic E-state index is 0.233. The zero-order valence-corrected chi connectivity index (χ0v) is 12.1. The van der Waals surface area contributed by atoms with Crippen LogP contribution >= 0.6 is 0 Å². The molecule has 0 bridgehead atoms. The summed E-state index contributed by atoms with van der Waals surface area (Å²) < 4.78 is 32.7. The van der Waals surface area contributed by atoms with Crippen LogP contribution in [-0.2, 0) is 11.3 Å². The molecule has 0 saturated carbocycles. The van der Waals surface area contributed by atoms with Gasteiger partial charge in [0.25, 0.3) is 5.91 Å². The van der Waals surface area contributed by atoms with E-state index in [1.165, 1.54) is 12.1 Å². The Bertz CT molecular complexity index is 479. The summed E-state index contributed by atoms with van der Waals surface area (Å²) in [4.78, 5) is 13.4. The van der Waals surface area contributed by atoms with E-state index >= 15 is 0 Å². The number of carbonyl (C=O) groups excluding carboxylic acids is 1. The van der Waals surface area contributed by atoms with Gasteiger partial charge in [-0.15, -0.1) is 0 Å². The van der Waals surface area contributed by atoms with E-state index in [1.807, 2.05) is 6.92 Å². The highest BCUT2D eigenvalue weighted by Crippen LogP contribution is 2.23. The number of rotatable bonds is 6. The van der Waals surface area contributed by atoms with Crippen molar-refractivity contribution in [1.82, 2.24) is 10.2 Å². The molecular formula is C15H20F2N2O2. The Morgan fingerprint density at radius 2 is 1.90 bits per heavy atom. The van der Waals surface area contributed by atoms with Crippen LogP contribution in [0, 0.1) is 11.6 Å². The molecular weight excluding hydrogens is 278 g/mol. The van der Waals surface area contributed by atoms with E-state index in [-0.39, 0.29) is 12.5 Å². The van der Waals surface area contributed by atoms with Crippen molar-refractivity contribution in [3.8, 4) is 5.75 Å². The molecule has 0 spiro atoms. The number of nitrogens with one attached hydrogen (secondary N) is 1. The zero-order chi connectivity index (χ0) is 15.2. The molecule has 21 heavy (non-hydrogen) atoms.